The first-order valence-electron chi connectivity index (χ1n) is 11.2. The molecule has 3 aliphatic rings. The lowest BCUT2D eigenvalue weighted by atomic mass is 9.67. The molecule has 1 heterocycles. The summed E-state index contributed by atoms with van der Waals surface area (Å²) in [6, 6.07) is 7.60. The number of allylic oxidation sites excluding steroid dienone is 5. The van der Waals surface area contributed by atoms with Crippen LogP contribution in [0.25, 0.3) is 0 Å². The highest BCUT2D eigenvalue weighted by Gasteiger charge is 2.34. The predicted molar refractivity (Wildman–Crippen MR) is 122 cm³/mol. The van der Waals surface area contributed by atoms with Crippen molar-refractivity contribution in [2.45, 2.75) is 45.6 Å². The highest BCUT2D eigenvalue weighted by atomic mass is 16.5. The molecule has 30 heavy (non-hydrogen) atoms. The van der Waals surface area contributed by atoms with E-state index in [1.165, 1.54) is 6.42 Å². The van der Waals surface area contributed by atoms with Crippen molar-refractivity contribution in [1.82, 2.24) is 10.2 Å². The second-order valence-electron chi connectivity index (χ2n) is 9.32. The van der Waals surface area contributed by atoms with Crippen molar-refractivity contribution >= 4 is 5.91 Å². The van der Waals surface area contributed by atoms with Gasteiger partial charge in [0.2, 0.25) is 0 Å². The molecule has 160 valence electrons. The third-order valence-corrected chi connectivity index (χ3v) is 7.03. The number of rotatable bonds is 5. The third kappa shape index (κ3) is 4.54. The van der Waals surface area contributed by atoms with Crippen LogP contribution in [0.15, 0.2) is 59.7 Å². The van der Waals surface area contributed by atoms with E-state index >= 15 is 0 Å². The lowest BCUT2D eigenvalue weighted by Gasteiger charge is -2.41. The molecule has 4 rings (SSSR count). The van der Waals surface area contributed by atoms with Crippen LogP contribution >= 0.6 is 0 Å². The largest absolute Gasteiger partial charge is 0.497 e. The molecule has 2 aliphatic carbocycles. The number of hydrogen-bond acceptors (Lipinski definition) is 3. The van der Waals surface area contributed by atoms with Crippen molar-refractivity contribution in [2.75, 3.05) is 26.7 Å². The monoisotopic (exact) mass is 406 g/mol. The van der Waals surface area contributed by atoms with Gasteiger partial charge in [0.05, 0.1) is 7.11 Å². The van der Waals surface area contributed by atoms with Crippen LogP contribution in [0.2, 0.25) is 0 Å². The zero-order valence-electron chi connectivity index (χ0n) is 18.5. The Balaban J connectivity index is 1.31. The van der Waals surface area contributed by atoms with E-state index in [0.29, 0.717) is 17.2 Å². The Morgan fingerprint density at radius 1 is 1.30 bits per heavy atom. The van der Waals surface area contributed by atoms with Crippen molar-refractivity contribution in [3.8, 4) is 5.75 Å². The lowest BCUT2D eigenvalue weighted by Crippen LogP contribution is -2.45. The fourth-order valence-corrected chi connectivity index (χ4v) is 5.01. The van der Waals surface area contributed by atoms with Crippen LogP contribution in [0.5, 0.6) is 5.75 Å². The van der Waals surface area contributed by atoms with Gasteiger partial charge in [0.25, 0.3) is 5.91 Å². The number of piperidine rings is 1. The Kier molecular flexibility index (Phi) is 6.14. The van der Waals surface area contributed by atoms with E-state index in [4.69, 9.17) is 4.74 Å². The van der Waals surface area contributed by atoms with Gasteiger partial charge in [0, 0.05) is 36.7 Å². The van der Waals surface area contributed by atoms with Gasteiger partial charge in [0.15, 0.2) is 0 Å². The fraction of sp³-hybridized carbons (Fsp3) is 0.500. The second-order valence-corrected chi connectivity index (χ2v) is 9.32. The molecule has 0 spiro atoms. The summed E-state index contributed by atoms with van der Waals surface area (Å²) in [5.74, 6) is 1.32. The quantitative estimate of drug-likeness (QED) is 0.718. The van der Waals surface area contributed by atoms with Gasteiger partial charge in [0.1, 0.15) is 5.75 Å². The minimum atomic E-state index is -0.00597. The molecule has 4 heteroatoms. The Hall–Kier alpha value is -2.33. The van der Waals surface area contributed by atoms with Gasteiger partial charge >= 0.3 is 0 Å². The molecule has 0 saturated carbocycles. The highest BCUT2D eigenvalue weighted by molar-refractivity contribution is 5.94. The van der Waals surface area contributed by atoms with Gasteiger partial charge in [-0.25, -0.2) is 0 Å². The number of hydrogen-bond donors (Lipinski definition) is 1. The van der Waals surface area contributed by atoms with E-state index in [2.05, 4.69) is 48.4 Å². The average molecular weight is 407 g/mol. The predicted octanol–water partition coefficient (Wildman–Crippen LogP) is 4.75. The first kappa shape index (κ1) is 20.9. The number of nitrogens with zero attached hydrogens (tertiary/aromatic N) is 1. The number of fused-ring (bicyclic) bond motifs is 1. The number of ether oxygens (including phenoxy) is 1. The van der Waals surface area contributed by atoms with Crippen LogP contribution in [0.4, 0.5) is 0 Å². The van der Waals surface area contributed by atoms with Crippen LogP contribution in [-0.4, -0.2) is 43.6 Å². The summed E-state index contributed by atoms with van der Waals surface area (Å²) in [5.41, 5.74) is 4.04. The number of nitrogens with one attached hydrogen (secondary N) is 1. The van der Waals surface area contributed by atoms with Gasteiger partial charge < -0.3 is 10.1 Å². The first-order valence-corrected chi connectivity index (χ1v) is 11.2. The maximum atomic E-state index is 12.6. The van der Waals surface area contributed by atoms with Gasteiger partial charge in [-0.05, 0) is 49.8 Å². The Labute approximate surface area is 180 Å². The van der Waals surface area contributed by atoms with E-state index in [0.717, 1.165) is 38.9 Å². The maximum Gasteiger partial charge on any atom is 0.251 e. The van der Waals surface area contributed by atoms with Crippen LogP contribution in [0, 0.1) is 11.3 Å². The standard InChI is InChI=1S/C26H34N2O2/c1-19-15-22-8-4-5-12-26(22,2)17-21(19)18-28-13-10-23(11-14-28)27-25(29)20-7-6-9-24(16-20)30-3/h4-9,16-17,19,23H,10-15,18H2,1-3H3,(H,27,29). The number of carbonyl (C=O) groups excluding carboxylic acids is 1. The number of benzene rings is 1. The Bertz CT molecular complexity index is 877. The summed E-state index contributed by atoms with van der Waals surface area (Å²) in [6.07, 6.45) is 13.7. The number of amides is 1. The summed E-state index contributed by atoms with van der Waals surface area (Å²) in [6.45, 7) is 7.88. The van der Waals surface area contributed by atoms with Gasteiger partial charge in [-0.3, -0.25) is 9.69 Å². The zero-order chi connectivity index (χ0) is 21.1. The molecule has 2 unspecified atom stereocenters. The summed E-state index contributed by atoms with van der Waals surface area (Å²) in [4.78, 5) is 15.2. The van der Waals surface area contributed by atoms with Crippen molar-refractivity contribution < 1.29 is 9.53 Å². The molecule has 1 N–H and O–H groups in total. The van der Waals surface area contributed by atoms with E-state index in [9.17, 15) is 4.79 Å². The fourth-order valence-electron chi connectivity index (χ4n) is 5.01. The summed E-state index contributed by atoms with van der Waals surface area (Å²) in [5, 5.41) is 3.21. The molecule has 1 aromatic carbocycles. The number of methoxy groups -OCH3 is 1. The molecular weight excluding hydrogens is 372 g/mol. The summed E-state index contributed by atoms with van der Waals surface area (Å²) in [7, 11) is 1.62. The Morgan fingerprint density at radius 3 is 2.87 bits per heavy atom. The topological polar surface area (TPSA) is 41.6 Å². The first-order chi connectivity index (χ1) is 14.5. The molecule has 4 nitrogen and oxygen atoms in total. The lowest BCUT2D eigenvalue weighted by molar-refractivity contribution is 0.0912. The number of likely N-dealkylation sites (tertiary alicyclic amines) is 1. The molecule has 1 aromatic rings. The normalized spacial score (nSPS) is 27.1. The van der Waals surface area contributed by atoms with Crippen LogP contribution < -0.4 is 10.1 Å². The molecule has 1 fully saturated rings. The average Bonchev–Trinajstić information content (AvgIpc) is 2.76. The molecule has 2 atom stereocenters. The molecule has 1 saturated heterocycles. The van der Waals surface area contributed by atoms with Crippen LogP contribution in [0.1, 0.15) is 49.9 Å². The molecule has 1 amide bonds. The second kappa shape index (κ2) is 8.81. The van der Waals surface area contributed by atoms with E-state index in [1.54, 1.807) is 24.3 Å². The van der Waals surface area contributed by atoms with E-state index < -0.39 is 0 Å². The summed E-state index contributed by atoms with van der Waals surface area (Å²) < 4.78 is 5.23. The molecule has 0 aromatic heterocycles. The van der Waals surface area contributed by atoms with Gasteiger partial charge in [-0.1, -0.05) is 55.4 Å². The van der Waals surface area contributed by atoms with Crippen molar-refractivity contribution in [1.29, 1.82) is 0 Å². The van der Waals surface area contributed by atoms with E-state index in [-0.39, 0.29) is 17.4 Å². The zero-order valence-corrected chi connectivity index (χ0v) is 18.5. The molecular formula is C26H34N2O2. The van der Waals surface area contributed by atoms with Crippen LogP contribution in [0.3, 0.4) is 0 Å². The smallest absolute Gasteiger partial charge is 0.251 e. The summed E-state index contributed by atoms with van der Waals surface area (Å²) >= 11 is 0. The third-order valence-electron chi connectivity index (χ3n) is 7.03. The van der Waals surface area contributed by atoms with Crippen LogP contribution in [-0.2, 0) is 0 Å². The van der Waals surface area contributed by atoms with Gasteiger partial charge in [-0.2, -0.15) is 0 Å². The van der Waals surface area contributed by atoms with Crippen molar-refractivity contribution in [2.24, 2.45) is 11.3 Å². The highest BCUT2D eigenvalue weighted by Crippen LogP contribution is 2.45. The van der Waals surface area contributed by atoms with Crippen molar-refractivity contribution in [3.05, 3.63) is 65.3 Å². The van der Waals surface area contributed by atoms with E-state index in [1.807, 2.05) is 18.2 Å². The SMILES string of the molecule is COc1cccc(C(=O)NC2CCN(CC3=CC4(C)CC=CC=C4CC3C)CC2)c1. The minimum absolute atomic E-state index is 0.00597. The maximum absolute atomic E-state index is 12.6. The minimum Gasteiger partial charge on any atom is -0.497 e. The number of carbonyl (C=O) groups is 1. The van der Waals surface area contributed by atoms with Gasteiger partial charge in [-0.15, -0.1) is 0 Å². The molecule has 0 radical (unpaired) electrons. The van der Waals surface area contributed by atoms with Crippen molar-refractivity contribution in [3.63, 3.8) is 0 Å². The molecule has 0 bridgehead atoms. The molecule has 1 aliphatic heterocycles. The Morgan fingerprint density at radius 2 is 2.10 bits per heavy atom.